The van der Waals surface area contributed by atoms with Crippen molar-refractivity contribution in [1.82, 2.24) is 20.0 Å². The molecule has 1 aromatic carbocycles. The molecular weight excluding hydrogens is 320 g/mol. The van der Waals surface area contributed by atoms with Crippen LogP contribution in [0, 0.1) is 0 Å². The van der Waals surface area contributed by atoms with Crippen LogP contribution in [0.5, 0.6) is 0 Å². The summed E-state index contributed by atoms with van der Waals surface area (Å²) in [7, 11) is 1.65. The average Bonchev–Trinajstić information content (AvgIpc) is 3.21. The van der Waals surface area contributed by atoms with Crippen molar-refractivity contribution in [2.24, 2.45) is 0 Å². The fourth-order valence-electron chi connectivity index (χ4n) is 2.99. The van der Waals surface area contributed by atoms with Gasteiger partial charge in [-0.25, -0.2) is 0 Å². The summed E-state index contributed by atoms with van der Waals surface area (Å²) in [6.07, 6.45) is 0.363. The molecule has 1 saturated heterocycles. The molecule has 1 aliphatic rings. The summed E-state index contributed by atoms with van der Waals surface area (Å²) in [5.74, 6) is -0.848. The maximum absolute atomic E-state index is 12.5. The molecule has 0 radical (unpaired) electrons. The molecule has 0 saturated carbocycles. The fourth-order valence-corrected chi connectivity index (χ4v) is 2.99. The number of imide groups is 1. The lowest BCUT2D eigenvalue weighted by Crippen LogP contribution is -2.47. The number of nitrogens with zero attached hydrogens (tertiary/aromatic N) is 3. The van der Waals surface area contributed by atoms with Gasteiger partial charge in [-0.1, -0.05) is 30.3 Å². The summed E-state index contributed by atoms with van der Waals surface area (Å²) in [6, 6.07) is 10.8. The first-order chi connectivity index (χ1) is 12.0. The highest BCUT2D eigenvalue weighted by molar-refractivity contribution is 6.05. The van der Waals surface area contributed by atoms with Gasteiger partial charge in [-0.15, -0.1) is 0 Å². The number of nitrogens with one attached hydrogen (secondary N) is 1. The largest absolute Gasteiger partial charge is 0.338 e. The number of H-pyrrole nitrogens is 1. The summed E-state index contributed by atoms with van der Waals surface area (Å²) < 4.78 is 0. The van der Waals surface area contributed by atoms with Crippen LogP contribution < -0.4 is 0 Å². The Bertz CT molecular complexity index is 784. The van der Waals surface area contributed by atoms with E-state index in [1.165, 1.54) is 4.90 Å². The third kappa shape index (κ3) is 3.45. The van der Waals surface area contributed by atoms with E-state index in [1.807, 2.05) is 36.4 Å². The van der Waals surface area contributed by atoms with Gasteiger partial charge in [0.15, 0.2) is 0 Å². The molecule has 7 heteroatoms. The number of benzene rings is 1. The van der Waals surface area contributed by atoms with Crippen LogP contribution in [0.4, 0.5) is 0 Å². The number of hydrogen-bond donors (Lipinski definition) is 1. The molecule has 2 heterocycles. The van der Waals surface area contributed by atoms with Gasteiger partial charge in [0.25, 0.3) is 0 Å². The lowest BCUT2D eigenvalue weighted by molar-refractivity contribution is -0.149. The highest BCUT2D eigenvalue weighted by Gasteiger charge is 2.37. The monoisotopic (exact) mass is 340 g/mol. The first-order valence-electron chi connectivity index (χ1n) is 8.17. The maximum Gasteiger partial charge on any atom is 0.245 e. The van der Waals surface area contributed by atoms with E-state index >= 15 is 0 Å². The summed E-state index contributed by atoms with van der Waals surface area (Å²) in [4.78, 5) is 38.7. The Labute approximate surface area is 145 Å². The Morgan fingerprint density at radius 2 is 1.88 bits per heavy atom. The standard InChI is InChI=1S/C18H20N4O3/c1-12(22-16(23)8-9-17(22)24)18(25)21(2)11-14-10-15(20-19-14)13-6-4-3-5-7-13/h3-7,10,12H,8-9,11H2,1-2H3,(H,19,20). The number of aromatic nitrogens is 2. The Kier molecular flexibility index (Phi) is 4.65. The number of carbonyl (C=O) groups is 3. The van der Waals surface area contributed by atoms with Crippen molar-refractivity contribution in [2.75, 3.05) is 7.05 Å². The number of likely N-dealkylation sites (N-methyl/N-ethyl adjacent to an activating group) is 1. The van der Waals surface area contributed by atoms with Crippen molar-refractivity contribution < 1.29 is 14.4 Å². The van der Waals surface area contributed by atoms with Crippen LogP contribution in [0.15, 0.2) is 36.4 Å². The highest BCUT2D eigenvalue weighted by Crippen LogP contribution is 2.19. The number of aromatic amines is 1. The normalized spacial score (nSPS) is 15.5. The van der Waals surface area contributed by atoms with Crippen LogP contribution in [-0.2, 0) is 20.9 Å². The van der Waals surface area contributed by atoms with E-state index in [-0.39, 0.29) is 30.6 Å². The van der Waals surface area contributed by atoms with Crippen molar-refractivity contribution in [3.8, 4) is 11.3 Å². The van der Waals surface area contributed by atoms with Gasteiger partial charge in [0, 0.05) is 25.5 Å². The van der Waals surface area contributed by atoms with Crippen molar-refractivity contribution in [3.05, 3.63) is 42.1 Å². The summed E-state index contributed by atoms with van der Waals surface area (Å²) in [5.41, 5.74) is 2.57. The predicted molar refractivity (Wildman–Crippen MR) is 91.0 cm³/mol. The second kappa shape index (κ2) is 6.88. The molecule has 1 aromatic heterocycles. The van der Waals surface area contributed by atoms with Crippen LogP contribution in [0.25, 0.3) is 11.3 Å². The topological polar surface area (TPSA) is 86.4 Å². The summed E-state index contributed by atoms with van der Waals surface area (Å²) in [6.45, 7) is 1.90. The van der Waals surface area contributed by atoms with Crippen LogP contribution >= 0.6 is 0 Å². The van der Waals surface area contributed by atoms with Crippen LogP contribution in [0.3, 0.4) is 0 Å². The Morgan fingerprint density at radius 3 is 2.52 bits per heavy atom. The molecule has 1 fully saturated rings. The van der Waals surface area contributed by atoms with Crippen molar-refractivity contribution in [1.29, 1.82) is 0 Å². The number of hydrogen-bond acceptors (Lipinski definition) is 4. The molecule has 130 valence electrons. The van der Waals surface area contributed by atoms with E-state index in [1.54, 1.807) is 14.0 Å². The van der Waals surface area contributed by atoms with E-state index in [9.17, 15) is 14.4 Å². The SMILES string of the molecule is CC(C(=O)N(C)Cc1cc(-c2ccccc2)n[nH]1)N1C(=O)CCC1=O. The van der Waals surface area contributed by atoms with Gasteiger partial charge in [0.1, 0.15) is 6.04 Å². The lowest BCUT2D eigenvalue weighted by atomic mass is 10.1. The highest BCUT2D eigenvalue weighted by atomic mass is 16.2. The first kappa shape index (κ1) is 16.9. The molecule has 3 amide bonds. The fraction of sp³-hybridized carbons (Fsp3) is 0.333. The molecule has 0 bridgehead atoms. The molecular formula is C18H20N4O3. The van der Waals surface area contributed by atoms with Gasteiger partial charge in [-0.05, 0) is 13.0 Å². The second-order valence-electron chi connectivity index (χ2n) is 6.17. The third-order valence-corrected chi connectivity index (χ3v) is 4.32. The minimum atomic E-state index is -0.788. The Balaban J connectivity index is 1.67. The van der Waals surface area contributed by atoms with Gasteiger partial charge in [-0.2, -0.15) is 5.10 Å². The second-order valence-corrected chi connectivity index (χ2v) is 6.17. The summed E-state index contributed by atoms with van der Waals surface area (Å²) in [5, 5.41) is 7.19. The van der Waals surface area contributed by atoms with Gasteiger partial charge in [0.05, 0.1) is 17.9 Å². The molecule has 1 N–H and O–H groups in total. The molecule has 1 aliphatic heterocycles. The van der Waals surface area contributed by atoms with E-state index in [2.05, 4.69) is 10.2 Å². The van der Waals surface area contributed by atoms with Gasteiger partial charge < -0.3 is 4.90 Å². The number of likely N-dealkylation sites (tertiary alicyclic amines) is 1. The molecule has 1 atom stereocenters. The average molecular weight is 340 g/mol. The summed E-state index contributed by atoms with van der Waals surface area (Å²) >= 11 is 0. The van der Waals surface area contributed by atoms with Crippen molar-refractivity contribution in [2.45, 2.75) is 32.4 Å². The molecule has 2 aromatic rings. The zero-order chi connectivity index (χ0) is 18.0. The van der Waals surface area contributed by atoms with Crippen LogP contribution in [0.1, 0.15) is 25.5 Å². The molecule has 1 unspecified atom stereocenters. The third-order valence-electron chi connectivity index (χ3n) is 4.32. The Hall–Kier alpha value is -2.96. The van der Waals surface area contributed by atoms with E-state index in [4.69, 9.17) is 0 Å². The van der Waals surface area contributed by atoms with E-state index in [0.717, 1.165) is 21.9 Å². The van der Waals surface area contributed by atoms with Gasteiger partial charge in [0.2, 0.25) is 17.7 Å². The lowest BCUT2D eigenvalue weighted by Gasteiger charge is -2.26. The molecule has 3 rings (SSSR count). The van der Waals surface area contributed by atoms with Gasteiger partial charge >= 0.3 is 0 Å². The number of carbonyl (C=O) groups excluding carboxylic acids is 3. The molecule has 0 spiro atoms. The molecule has 25 heavy (non-hydrogen) atoms. The number of rotatable bonds is 5. The van der Waals surface area contributed by atoms with Crippen molar-refractivity contribution in [3.63, 3.8) is 0 Å². The van der Waals surface area contributed by atoms with E-state index in [0.29, 0.717) is 6.54 Å². The first-order valence-corrected chi connectivity index (χ1v) is 8.17. The molecule has 7 nitrogen and oxygen atoms in total. The minimum absolute atomic E-state index is 0.182. The zero-order valence-corrected chi connectivity index (χ0v) is 14.2. The maximum atomic E-state index is 12.5. The predicted octanol–water partition coefficient (Wildman–Crippen LogP) is 1.57. The number of amides is 3. The molecule has 0 aliphatic carbocycles. The Morgan fingerprint density at radius 1 is 1.24 bits per heavy atom. The van der Waals surface area contributed by atoms with Gasteiger partial charge in [-0.3, -0.25) is 24.4 Å². The smallest absolute Gasteiger partial charge is 0.245 e. The zero-order valence-electron chi connectivity index (χ0n) is 14.2. The quantitative estimate of drug-likeness (QED) is 0.837. The van der Waals surface area contributed by atoms with Crippen molar-refractivity contribution >= 4 is 17.7 Å². The minimum Gasteiger partial charge on any atom is -0.338 e. The van der Waals surface area contributed by atoms with Crippen LogP contribution in [-0.4, -0.2) is 50.8 Å². The van der Waals surface area contributed by atoms with E-state index < -0.39 is 6.04 Å². The van der Waals surface area contributed by atoms with Crippen LogP contribution in [0.2, 0.25) is 0 Å².